The van der Waals surface area contributed by atoms with Gasteiger partial charge in [-0.2, -0.15) is 0 Å². The molecule has 0 aliphatic carbocycles. The fraction of sp³-hybridized carbons (Fsp3) is 0.364. The van der Waals surface area contributed by atoms with Crippen molar-refractivity contribution in [2.75, 3.05) is 0 Å². The molecule has 0 aromatic heterocycles. The number of hydrogen-bond acceptors (Lipinski definition) is 1. The third kappa shape index (κ3) is 2.52. The number of alkyl halides is 2. The number of halogens is 2. The van der Waals surface area contributed by atoms with Gasteiger partial charge in [0, 0.05) is 5.56 Å². The van der Waals surface area contributed by atoms with E-state index in [4.69, 9.17) is 5.11 Å². The van der Waals surface area contributed by atoms with Crippen LogP contribution in [0.4, 0.5) is 8.78 Å². The topological polar surface area (TPSA) is 37.3 Å². The summed E-state index contributed by atoms with van der Waals surface area (Å²) in [6.07, 6.45) is -1.17. The van der Waals surface area contributed by atoms with E-state index in [9.17, 15) is 13.6 Å². The normalized spacial score (nSPS) is 11.5. The summed E-state index contributed by atoms with van der Waals surface area (Å²) < 4.78 is 26.9. The monoisotopic (exact) mass is 214 g/mol. The molecule has 2 nitrogen and oxygen atoms in total. The van der Waals surface area contributed by atoms with Crippen molar-refractivity contribution in [3.8, 4) is 0 Å². The first-order valence-corrected chi connectivity index (χ1v) is 4.51. The first-order chi connectivity index (χ1) is 6.84. The minimum Gasteiger partial charge on any atom is -0.481 e. The molecule has 0 fully saturated rings. The van der Waals surface area contributed by atoms with Crippen LogP contribution in [0.25, 0.3) is 0 Å². The van der Waals surface area contributed by atoms with E-state index in [0.29, 0.717) is 5.56 Å². The molecule has 1 aromatic carbocycles. The van der Waals surface area contributed by atoms with Crippen LogP contribution in [0.5, 0.6) is 0 Å². The van der Waals surface area contributed by atoms with E-state index in [0.717, 1.165) is 5.56 Å². The molecule has 0 unspecified atom stereocenters. The molecule has 4 heteroatoms. The smallest absolute Gasteiger partial charge is 0.309 e. The number of hydrogen-bond donors (Lipinski definition) is 1. The summed E-state index contributed by atoms with van der Waals surface area (Å²) in [6, 6.07) is 4.49. The van der Waals surface area contributed by atoms with Crippen LogP contribution in [0.15, 0.2) is 18.2 Å². The zero-order valence-corrected chi connectivity index (χ0v) is 8.55. The maximum absolute atomic E-state index is 13.5. The van der Waals surface area contributed by atoms with Crippen molar-refractivity contribution in [3.05, 3.63) is 34.9 Å². The van der Waals surface area contributed by atoms with E-state index >= 15 is 0 Å². The molecule has 1 aromatic rings. The Morgan fingerprint density at radius 1 is 1.40 bits per heavy atom. The van der Waals surface area contributed by atoms with E-state index in [1.807, 2.05) is 0 Å². The molecule has 0 amide bonds. The molecule has 0 aliphatic heterocycles. The second-order valence-electron chi connectivity index (χ2n) is 3.52. The second kappa shape index (κ2) is 3.96. The molecule has 0 saturated carbocycles. The molecular formula is C11H12F2O2. The van der Waals surface area contributed by atoms with Crippen molar-refractivity contribution in [2.45, 2.75) is 26.2 Å². The van der Waals surface area contributed by atoms with Crippen molar-refractivity contribution >= 4 is 5.97 Å². The predicted molar refractivity (Wildman–Crippen MR) is 52.1 cm³/mol. The van der Waals surface area contributed by atoms with Gasteiger partial charge in [0.2, 0.25) is 0 Å². The molecule has 0 spiro atoms. The molecular weight excluding hydrogens is 202 g/mol. The first kappa shape index (κ1) is 11.6. The van der Waals surface area contributed by atoms with Gasteiger partial charge in [0.1, 0.15) is 6.42 Å². The lowest BCUT2D eigenvalue weighted by atomic mass is 9.97. The molecule has 0 atom stereocenters. The van der Waals surface area contributed by atoms with Crippen LogP contribution in [0.1, 0.15) is 23.1 Å². The summed E-state index contributed by atoms with van der Waals surface area (Å²) in [5.74, 6) is -4.80. The first-order valence-electron chi connectivity index (χ1n) is 4.51. The maximum atomic E-state index is 13.5. The highest BCUT2D eigenvalue weighted by Crippen LogP contribution is 2.34. The van der Waals surface area contributed by atoms with Crippen molar-refractivity contribution in [1.29, 1.82) is 0 Å². The van der Waals surface area contributed by atoms with Gasteiger partial charge in [0.25, 0.3) is 5.92 Å². The van der Waals surface area contributed by atoms with Crippen molar-refractivity contribution in [3.63, 3.8) is 0 Å². The number of carboxylic acid groups (broad SMARTS) is 1. The maximum Gasteiger partial charge on any atom is 0.309 e. The Morgan fingerprint density at radius 3 is 2.53 bits per heavy atom. The van der Waals surface area contributed by atoms with E-state index in [1.54, 1.807) is 19.9 Å². The van der Waals surface area contributed by atoms with Crippen molar-refractivity contribution in [2.24, 2.45) is 0 Å². The summed E-state index contributed by atoms with van der Waals surface area (Å²) >= 11 is 0. The quantitative estimate of drug-likeness (QED) is 0.839. The van der Waals surface area contributed by atoms with Gasteiger partial charge in [-0.3, -0.25) is 4.79 Å². The number of aryl methyl sites for hydroxylation is 1. The number of rotatable bonds is 3. The highest BCUT2D eigenvalue weighted by atomic mass is 19.3. The molecule has 1 rings (SSSR count). The van der Waals surface area contributed by atoms with Gasteiger partial charge in [0.05, 0.1) is 0 Å². The van der Waals surface area contributed by atoms with Crippen LogP contribution in [0.2, 0.25) is 0 Å². The van der Waals surface area contributed by atoms with Gasteiger partial charge in [-0.05, 0) is 25.0 Å². The fourth-order valence-electron chi connectivity index (χ4n) is 1.43. The molecule has 0 radical (unpaired) electrons. The highest BCUT2D eigenvalue weighted by molar-refractivity contribution is 5.68. The number of carboxylic acids is 1. The SMILES string of the molecule is Cc1cccc(C(F)(F)CC(=O)O)c1C. The lowest BCUT2D eigenvalue weighted by Crippen LogP contribution is -2.20. The van der Waals surface area contributed by atoms with E-state index in [-0.39, 0.29) is 5.56 Å². The molecule has 0 bridgehead atoms. The molecule has 15 heavy (non-hydrogen) atoms. The summed E-state index contributed by atoms with van der Waals surface area (Å²) in [5.41, 5.74) is 0.978. The molecule has 82 valence electrons. The average Bonchev–Trinajstić information content (AvgIpc) is 2.07. The summed E-state index contributed by atoms with van der Waals surface area (Å²) in [7, 11) is 0. The van der Waals surface area contributed by atoms with Gasteiger partial charge in [0.15, 0.2) is 0 Å². The van der Waals surface area contributed by atoms with Gasteiger partial charge >= 0.3 is 5.97 Å². The molecule has 0 heterocycles. The highest BCUT2D eigenvalue weighted by Gasteiger charge is 2.36. The Bertz CT molecular complexity index is 386. The Labute approximate surface area is 86.5 Å². The van der Waals surface area contributed by atoms with E-state index < -0.39 is 18.3 Å². The fourth-order valence-corrected chi connectivity index (χ4v) is 1.43. The Balaban J connectivity index is 3.14. The predicted octanol–water partition coefficient (Wildman–Crippen LogP) is 2.87. The Kier molecular flexibility index (Phi) is 3.07. The second-order valence-corrected chi connectivity index (χ2v) is 3.52. The van der Waals surface area contributed by atoms with Crippen molar-refractivity contribution < 1.29 is 18.7 Å². The van der Waals surface area contributed by atoms with Crippen LogP contribution in [-0.4, -0.2) is 11.1 Å². The zero-order valence-electron chi connectivity index (χ0n) is 8.55. The van der Waals surface area contributed by atoms with Crippen LogP contribution < -0.4 is 0 Å². The summed E-state index contributed by atoms with van der Waals surface area (Å²) in [5, 5.41) is 8.39. The third-order valence-electron chi connectivity index (χ3n) is 2.37. The van der Waals surface area contributed by atoms with Gasteiger partial charge < -0.3 is 5.11 Å². The largest absolute Gasteiger partial charge is 0.481 e. The zero-order chi connectivity index (χ0) is 11.6. The van der Waals surface area contributed by atoms with Crippen LogP contribution in [0, 0.1) is 13.8 Å². The van der Waals surface area contributed by atoms with Gasteiger partial charge in [-0.1, -0.05) is 18.2 Å². The van der Waals surface area contributed by atoms with Gasteiger partial charge in [-0.25, -0.2) is 8.78 Å². The number of benzene rings is 1. The third-order valence-corrected chi connectivity index (χ3v) is 2.37. The van der Waals surface area contributed by atoms with Gasteiger partial charge in [-0.15, -0.1) is 0 Å². The minimum atomic E-state index is -3.30. The molecule has 0 saturated heterocycles. The van der Waals surface area contributed by atoms with Crippen LogP contribution in [-0.2, 0) is 10.7 Å². The lowest BCUT2D eigenvalue weighted by Gasteiger charge is -2.17. The number of aliphatic carboxylic acids is 1. The minimum absolute atomic E-state index is 0.204. The Morgan fingerprint density at radius 2 is 2.00 bits per heavy atom. The Hall–Kier alpha value is -1.45. The summed E-state index contributed by atoms with van der Waals surface area (Å²) in [4.78, 5) is 10.3. The van der Waals surface area contributed by atoms with Crippen LogP contribution in [0.3, 0.4) is 0 Å². The average molecular weight is 214 g/mol. The number of carbonyl (C=O) groups is 1. The molecule has 0 aliphatic rings. The molecule has 1 N–H and O–H groups in total. The van der Waals surface area contributed by atoms with Crippen LogP contribution >= 0.6 is 0 Å². The van der Waals surface area contributed by atoms with E-state index in [2.05, 4.69) is 0 Å². The standard InChI is InChI=1S/C11H12F2O2/c1-7-4-3-5-9(8(7)2)11(12,13)6-10(14)15/h3-5H,6H2,1-2H3,(H,14,15). The van der Waals surface area contributed by atoms with Crippen molar-refractivity contribution in [1.82, 2.24) is 0 Å². The lowest BCUT2D eigenvalue weighted by molar-refractivity contribution is -0.145. The van der Waals surface area contributed by atoms with E-state index in [1.165, 1.54) is 12.1 Å². The summed E-state index contributed by atoms with van der Waals surface area (Å²) in [6.45, 7) is 3.29.